The number of hydrogen-bond acceptors (Lipinski definition) is 5. The predicted molar refractivity (Wildman–Crippen MR) is 74.7 cm³/mol. The summed E-state index contributed by atoms with van der Waals surface area (Å²) in [6.07, 6.45) is 0. The smallest absolute Gasteiger partial charge is 0.272 e. The van der Waals surface area contributed by atoms with Gasteiger partial charge >= 0.3 is 0 Å². The lowest BCUT2D eigenvalue weighted by molar-refractivity contribution is -0.385. The zero-order valence-electron chi connectivity index (χ0n) is 10.5. The van der Waals surface area contributed by atoms with Crippen molar-refractivity contribution in [1.29, 1.82) is 0 Å². The maximum absolute atomic E-state index is 13.7. The van der Waals surface area contributed by atoms with E-state index in [0.717, 1.165) is 12.1 Å². The molecule has 0 saturated carbocycles. The Kier molecular flexibility index (Phi) is 3.76. The molecule has 9 heteroatoms. The highest BCUT2D eigenvalue weighted by molar-refractivity contribution is 7.92. The van der Waals surface area contributed by atoms with Gasteiger partial charge in [0.15, 0.2) is 5.82 Å². The first-order valence-corrected chi connectivity index (χ1v) is 7.10. The quantitative estimate of drug-likeness (QED) is 0.510. The minimum Gasteiger partial charge on any atom is -0.399 e. The van der Waals surface area contributed by atoms with Gasteiger partial charge in [-0.2, -0.15) is 0 Å². The Morgan fingerprint density at radius 2 is 1.76 bits per heavy atom. The molecular weight excluding hydrogens is 301 g/mol. The van der Waals surface area contributed by atoms with Crippen LogP contribution in [0, 0.1) is 15.9 Å². The van der Waals surface area contributed by atoms with Crippen molar-refractivity contribution in [3.63, 3.8) is 0 Å². The first-order chi connectivity index (χ1) is 9.79. The largest absolute Gasteiger partial charge is 0.399 e. The number of anilines is 2. The van der Waals surface area contributed by atoms with Gasteiger partial charge in [0.1, 0.15) is 4.90 Å². The van der Waals surface area contributed by atoms with Crippen molar-refractivity contribution in [3.8, 4) is 0 Å². The van der Waals surface area contributed by atoms with Gasteiger partial charge < -0.3 is 5.73 Å². The van der Waals surface area contributed by atoms with Crippen LogP contribution in [0.5, 0.6) is 0 Å². The Bertz CT molecular complexity index is 791. The van der Waals surface area contributed by atoms with E-state index in [9.17, 15) is 22.9 Å². The second-order valence-corrected chi connectivity index (χ2v) is 5.75. The topological polar surface area (TPSA) is 115 Å². The first-order valence-electron chi connectivity index (χ1n) is 5.62. The van der Waals surface area contributed by atoms with E-state index in [2.05, 4.69) is 4.72 Å². The minimum absolute atomic E-state index is 0.196. The predicted octanol–water partition coefficient (Wildman–Crippen LogP) is 2.12. The minimum atomic E-state index is -4.19. The molecule has 0 saturated heterocycles. The Balaban J connectivity index is 2.35. The van der Waals surface area contributed by atoms with E-state index in [1.807, 2.05) is 0 Å². The van der Waals surface area contributed by atoms with Crippen molar-refractivity contribution >= 4 is 27.1 Å². The third-order valence-corrected chi connectivity index (χ3v) is 3.99. The van der Waals surface area contributed by atoms with Crippen molar-refractivity contribution in [2.45, 2.75) is 4.90 Å². The molecule has 0 aliphatic carbocycles. The fourth-order valence-electron chi connectivity index (χ4n) is 1.58. The molecule has 0 aliphatic heterocycles. The zero-order chi connectivity index (χ0) is 15.6. The maximum atomic E-state index is 13.7. The molecular formula is C12H10FN3O4S. The average molecular weight is 311 g/mol. The fraction of sp³-hybridized carbons (Fsp3) is 0. The van der Waals surface area contributed by atoms with Crippen LogP contribution in [0.15, 0.2) is 47.4 Å². The second-order valence-electron chi connectivity index (χ2n) is 4.10. The highest BCUT2D eigenvalue weighted by atomic mass is 32.2. The summed E-state index contributed by atoms with van der Waals surface area (Å²) in [7, 11) is -4.19. The van der Waals surface area contributed by atoms with E-state index in [-0.39, 0.29) is 5.69 Å². The summed E-state index contributed by atoms with van der Waals surface area (Å²) in [6, 6.07) is 8.09. The number of nitrogens with zero attached hydrogens (tertiary/aromatic N) is 1. The lowest BCUT2D eigenvalue weighted by Gasteiger charge is -2.09. The van der Waals surface area contributed by atoms with Crippen LogP contribution in [-0.4, -0.2) is 13.3 Å². The number of hydrogen-bond donors (Lipinski definition) is 2. The van der Waals surface area contributed by atoms with Gasteiger partial charge in [0.2, 0.25) is 0 Å². The third kappa shape index (κ3) is 3.26. The average Bonchev–Trinajstić information content (AvgIpc) is 2.40. The van der Waals surface area contributed by atoms with E-state index < -0.39 is 31.3 Å². The SMILES string of the molecule is Nc1ccc(NS(=O)(=O)c2ccc([N+](=O)[O-])cc2F)cc1. The molecule has 0 atom stereocenters. The van der Waals surface area contributed by atoms with Gasteiger partial charge in [-0.25, -0.2) is 12.8 Å². The molecule has 0 aromatic heterocycles. The number of non-ortho nitro benzene ring substituents is 1. The number of nitro groups is 1. The van der Waals surface area contributed by atoms with Crippen molar-refractivity contribution in [1.82, 2.24) is 0 Å². The van der Waals surface area contributed by atoms with Crippen molar-refractivity contribution in [2.75, 3.05) is 10.5 Å². The summed E-state index contributed by atoms with van der Waals surface area (Å²) < 4.78 is 40.0. The van der Waals surface area contributed by atoms with Crippen molar-refractivity contribution in [2.24, 2.45) is 0 Å². The molecule has 0 aliphatic rings. The number of benzene rings is 2. The Hall–Kier alpha value is -2.68. The molecule has 0 unspecified atom stereocenters. The van der Waals surface area contributed by atoms with E-state index in [4.69, 9.17) is 5.73 Å². The maximum Gasteiger partial charge on any atom is 0.272 e. The summed E-state index contributed by atoms with van der Waals surface area (Å²) in [5, 5.41) is 10.5. The molecule has 2 aromatic carbocycles. The van der Waals surface area contributed by atoms with Crippen LogP contribution in [0.2, 0.25) is 0 Å². The van der Waals surface area contributed by atoms with Gasteiger partial charge in [0.25, 0.3) is 15.7 Å². The monoisotopic (exact) mass is 311 g/mol. The van der Waals surface area contributed by atoms with Crippen LogP contribution in [0.3, 0.4) is 0 Å². The van der Waals surface area contributed by atoms with Crippen molar-refractivity contribution in [3.05, 3.63) is 58.4 Å². The summed E-state index contributed by atoms with van der Waals surface area (Å²) >= 11 is 0. The Morgan fingerprint density at radius 1 is 1.14 bits per heavy atom. The van der Waals surface area contributed by atoms with Gasteiger partial charge in [-0.1, -0.05) is 0 Å². The number of halogens is 1. The first kappa shape index (κ1) is 14.7. The lowest BCUT2D eigenvalue weighted by Crippen LogP contribution is -2.14. The lowest BCUT2D eigenvalue weighted by atomic mass is 10.3. The summed E-state index contributed by atoms with van der Waals surface area (Å²) in [4.78, 5) is 9.01. The van der Waals surface area contributed by atoms with Gasteiger partial charge in [-0.05, 0) is 30.3 Å². The Labute approximate surface area is 119 Å². The van der Waals surface area contributed by atoms with Crippen LogP contribution in [-0.2, 0) is 10.0 Å². The van der Waals surface area contributed by atoms with E-state index in [0.29, 0.717) is 11.8 Å². The standard InChI is InChI=1S/C12H10FN3O4S/c13-11-7-10(16(17)18)5-6-12(11)21(19,20)15-9-3-1-8(14)2-4-9/h1-7,15H,14H2. The van der Waals surface area contributed by atoms with Gasteiger partial charge in [0.05, 0.1) is 11.0 Å². The van der Waals surface area contributed by atoms with Gasteiger partial charge in [-0.15, -0.1) is 0 Å². The van der Waals surface area contributed by atoms with Crippen LogP contribution in [0.1, 0.15) is 0 Å². The molecule has 0 fully saturated rings. The summed E-state index contributed by atoms with van der Waals surface area (Å²) in [5.74, 6) is -1.20. The molecule has 0 spiro atoms. The molecule has 0 amide bonds. The third-order valence-electron chi connectivity index (χ3n) is 2.58. The molecule has 110 valence electrons. The number of nitrogens with one attached hydrogen (secondary N) is 1. The van der Waals surface area contributed by atoms with E-state index in [1.165, 1.54) is 24.3 Å². The molecule has 2 rings (SSSR count). The number of nitrogens with two attached hydrogens (primary N) is 1. The van der Waals surface area contributed by atoms with Crippen molar-refractivity contribution < 1.29 is 17.7 Å². The summed E-state index contributed by atoms with van der Waals surface area (Å²) in [6.45, 7) is 0. The fourth-order valence-corrected chi connectivity index (χ4v) is 2.70. The molecule has 21 heavy (non-hydrogen) atoms. The Morgan fingerprint density at radius 3 is 2.29 bits per heavy atom. The van der Waals surface area contributed by atoms with Gasteiger partial charge in [0, 0.05) is 17.4 Å². The molecule has 0 radical (unpaired) electrons. The summed E-state index contributed by atoms with van der Waals surface area (Å²) in [5.41, 5.74) is 5.58. The molecule has 0 bridgehead atoms. The second kappa shape index (κ2) is 5.37. The number of nitro benzene ring substituents is 1. The number of nitrogen functional groups attached to an aromatic ring is 1. The van der Waals surface area contributed by atoms with Crippen LogP contribution in [0.4, 0.5) is 21.5 Å². The van der Waals surface area contributed by atoms with E-state index >= 15 is 0 Å². The molecule has 7 nitrogen and oxygen atoms in total. The van der Waals surface area contributed by atoms with Crippen LogP contribution < -0.4 is 10.5 Å². The van der Waals surface area contributed by atoms with Crippen LogP contribution >= 0.6 is 0 Å². The number of sulfonamides is 1. The van der Waals surface area contributed by atoms with E-state index in [1.54, 1.807) is 0 Å². The molecule has 2 aromatic rings. The highest BCUT2D eigenvalue weighted by Gasteiger charge is 2.21. The van der Waals surface area contributed by atoms with Gasteiger partial charge in [-0.3, -0.25) is 14.8 Å². The molecule has 3 N–H and O–H groups in total. The normalized spacial score (nSPS) is 11.1. The van der Waals surface area contributed by atoms with Crippen LogP contribution in [0.25, 0.3) is 0 Å². The zero-order valence-corrected chi connectivity index (χ0v) is 11.3. The highest BCUT2D eigenvalue weighted by Crippen LogP contribution is 2.23. The number of rotatable bonds is 4. The molecule has 0 heterocycles.